The zero-order chi connectivity index (χ0) is 13.2. The molecule has 0 bridgehead atoms. The minimum atomic E-state index is -0.559. The fourth-order valence-corrected chi connectivity index (χ4v) is 3.57. The molecule has 0 aromatic rings. The van der Waals surface area contributed by atoms with Gasteiger partial charge in [-0.15, -0.1) is 0 Å². The van der Waals surface area contributed by atoms with Crippen molar-refractivity contribution in [3.63, 3.8) is 0 Å². The van der Waals surface area contributed by atoms with Crippen LogP contribution < -0.4 is 0 Å². The Kier molecular flexibility index (Phi) is 4.31. The first-order valence-electron chi connectivity index (χ1n) is 7.55. The molecular weight excluding hydrogens is 226 g/mol. The predicted molar refractivity (Wildman–Crippen MR) is 72.6 cm³/mol. The molecule has 2 unspecified atom stereocenters. The van der Waals surface area contributed by atoms with E-state index in [0.717, 1.165) is 38.8 Å². The third kappa shape index (κ3) is 3.05. The molecule has 2 saturated carbocycles. The first-order valence-corrected chi connectivity index (χ1v) is 7.55. The van der Waals surface area contributed by atoms with E-state index in [-0.39, 0.29) is 0 Å². The van der Waals surface area contributed by atoms with Crippen LogP contribution >= 0.6 is 0 Å². The summed E-state index contributed by atoms with van der Waals surface area (Å²) >= 11 is 0. The molecule has 0 heterocycles. The summed E-state index contributed by atoms with van der Waals surface area (Å²) in [6.45, 7) is 6.24. The van der Waals surface area contributed by atoms with Gasteiger partial charge in [-0.1, -0.05) is 26.7 Å². The Bertz CT molecular complexity index is 301. The largest absolute Gasteiger partial charge is 0.481 e. The van der Waals surface area contributed by atoms with Crippen LogP contribution in [0, 0.1) is 11.3 Å². The maximum atomic E-state index is 11.8. The van der Waals surface area contributed by atoms with Gasteiger partial charge in [0.15, 0.2) is 0 Å². The van der Waals surface area contributed by atoms with E-state index in [1.807, 2.05) is 0 Å². The SMILES string of the molecule is CCCN(CC1(C(=O)O)CCCC(C)C1)C1CC1. The second-order valence-corrected chi connectivity index (χ2v) is 6.49. The normalized spacial score (nSPS) is 32.7. The molecule has 0 radical (unpaired) electrons. The molecule has 0 amide bonds. The van der Waals surface area contributed by atoms with Crippen LogP contribution in [-0.4, -0.2) is 35.1 Å². The lowest BCUT2D eigenvalue weighted by molar-refractivity contribution is -0.153. The number of nitrogens with zero attached hydrogens (tertiary/aromatic N) is 1. The Balaban J connectivity index is 2.06. The van der Waals surface area contributed by atoms with Crippen molar-refractivity contribution in [3.05, 3.63) is 0 Å². The molecule has 0 spiro atoms. The van der Waals surface area contributed by atoms with Crippen LogP contribution in [0.15, 0.2) is 0 Å². The number of aliphatic carboxylic acids is 1. The molecule has 2 rings (SSSR count). The van der Waals surface area contributed by atoms with E-state index in [2.05, 4.69) is 18.7 Å². The van der Waals surface area contributed by atoms with Gasteiger partial charge in [-0.3, -0.25) is 9.69 Å². The Morgan fingerprint density at radius 3 is 2.61 bits per heavy atom. The van der Waals surface area contributed by atoms with Crippen molar-refractivity contribution in [2.24, 2.45) is 11.3 Å². The van der Waals surface area contributed by atoms with Crippen molar-refractivity contribution in [1.29, 1.82) is 0 Å². The van der Waals surface area contributed by atoms with E-state index in [4.69, 9.17) is 0 Å². The monoisotopic (exact) mass is 253 g/mol. The number of hydrogen-bond donors (Lipinski definition) is 1. The van der Waals surface area contributed by atoms with Gasteiger partial charge in [-0.2, -0.15) is 0 Å². The average molecular weight is 253 g/mol. The van der Waals surface area contributed by atoms with E-state index >= 15 is 0 Å². The maximum Gasteiger partial charge on any atom is 0.310 e. The number of carbonyl (C=O) groups is 1. The quantitative estimate of drug-likeness (QED) is 0.790. The summed E-state index contributed by atoms with van der Waals surface area (Å²) in [6.07, 6.45) is 7.69. The molecule has 18 heavy (non-hydrogen) atoms. The summed E-state index contributed by atoms with van der Waals surface area (Å²) in [5.74, 6) is 0.00772. The first-order chi connectivity index (χ1) is 8.57. The van der Waals surface area contributed by atoms with Gasteiger partial charge in [-0.25, -0.2) is 0 Å². The zero-order valence-electron chi connectivity index (χ0n) is 11.8. The second kappa shape index (κ2) is 5.60. The number of carboxylic acids is 1. The Labute approximate surface area is 111 Å². The van der Waals surface area contributed by atoms with Gasteiger partial charge >= 0.3 is 5.97 Å². The van der Waals surface area contributed by atoms with Gasteiger partial charge in [-0.05, 0) is 44.6 Å². The van der Waals surface area contributed by atoms with Crippen LogP contribution in [0.1, 0.15) is 58.8 Å². The van der Waals surface area contributed by atoms with E-state index in [1.54, 1.807) is 0 Å². The lowest BCUT2D eigenvalue weighted by Gasteiger charge is -2.40. The molecule has 3 heteroatoms. The van der Waals surface area contributed by atoms with Crippen LogP contribution in [0.3, 0.4) is 0 Å². The van der Waals surface area contributed by atoms with Crippen molar-refractivity contribution in [2.45, 2.75) is 64.8 Å². The van der Waals surface area contributed by atoms with Gasteiger partial charge in [0, 0.05) is 12.6 Å². The number of hydrogen-bond acceptors (Lipinski definition) is 2. The minimum absolute atomic E-state index is 0.463. The lowest BCUT2D eigenvalue weighted by atomic mass is 9.69. The molecule has 2 atom stereocenters. The molecule has 0 aromatic carbocycles. The van der Waals surface area contributed by atoms with Gasteiger partial charge in [0.25, 0.3) is 0 Å². The molecule has 1 N–H and O–H groups in total. The van der Waals surface area contributed by atoms with Crippen molar-refractivity contribution >= 4 is 5.97 Å². The zero-order valence-corrected chi connectivity index (χ0v) is 11.8. The van der Waals surface area contributed by atoms with Crippen molar-refractivity contribution < 1.29 is 9.90 Å². The molecule has 2 aliphatic carbocycles. The maximum absolute atomic E-state index is 11.8. The van der Waals surface area contributed by atoms with Crippen LogP contribution in [0.2, 0.25) is 0 Å². The van der Waals surface area contributed by atoms with Gasteiger partial charge in [0.1, 0.15) is 0 Å². The van der Waals surface area contributed by atoms with Crippen LogP contribution in [0.25, 0.3) is 0 Å². The topological polar surface area (TPSA) is 40.5 Å². The summed E-state index contributed by atoms with van der Waals surface area (Å²) in [5, 5.41) is 9.70. The molecular formula is C15H27NO2. The fraction of sp³-hybridized carbons (Fsp3) is 0.933. The molecule has 0 aliphatic heterocycles. The minimum Gasteiger partial charge on any atom is -0.481 e. The van der Waals surface area contributed by atoms with Gasteiger partial charge in [0.05, 0.1) is 5.41 Å². The number of rotatable bonds is 6. The van der Waals surface area contributed by atoms with Gasteiger partial charge in [0.2, 0.25) is 0 Å². The highest BCUT2D eigenvalue weighted by molar-refractivity contribution is 5.75. The summed E-state index contributed by atoms with van der Waals surface area (Å²) in [6, 6.07) is 0.679. The third-order valence-corrected chi connectivity index (χ3v) is 4.62. The van der Waals surface area contributed by atoms with Crippen LogP contribution in [0.4, 0.5) is 0 Å². The first kappa shape index (κ1) is 13.9. The molecule has 2 aliphatic rings. The standard InChI is InChI=1S/C15H27NO2/c1-3-9-16(13-6-7-13)11-15(14(17)18)8-4-5-12(2)10-15/h12-13H,3-11H2,1-2H3,(H,17,18). The summed E-state index contributed by atoms with van der Waals surface area (Å²) in [7, 11) is 0. The number of carboxylic acid groups (broad SMARTS) is 1. The van der Waals surface area contributed by atoms with Crippen molar-refractivity contribution in [1.82, 2.24) is 4.90 Å². The molecule has 0 saturated heterocycles. The Morgan fingerprint density at radius 1 is 1.39 bits per heavy atom. The third-order valence-electron chi connectivity index (χ3n) is 4.62. The molecule has 3 nitrogen and oxygen atoms in total. The Hall–Kier alpha value is -0.570. The summed E-state index contributed by atoms with van der Waals surface area (Å²) in [5.41, 5.74) is -0.463. The highest BCUT2D eigenvalue weighted by atomic mass is 16.4. The van der Waals surface area contributed by atoms with Crippen molar-refractivity contribution in [2.75, 3.05) is 13.1 Å². The molecule has 104 valence electrons. The molecule has 2 fully saturated rings. The van der Waals surface area contributed by atoms with Crippen molar-refractivity contribution in [3.8, 4) is 0 Å². The van der Waals surface area contributed by atoms with Gasteiger partial charge < -0.3 is 5.11 Å². The van der Waals surface area contributed by atoms with E-state index < -0.39 is 11.4 Å². The predicted octanol–water partition coefficient (Wildman–Crippen LogP) is 3.14. The average Bonchev–Trinajstić information content (AvgIpc) is 3.12. The smallest absolute Gasteiger partial charge is 0.310 e. The van der Waals surface area contributed by atoms with E-state index in [1.165, 1.54) is 19.3 Å². The highest BCUT2D eigenvalue weighted by Gasteiger charge is 2.45. The second-order valence-electron chi connectivity index (χ2n) is 6.49. The summed E-state index contributed by atoms with van der Waals surface area (Å²) < 4.78 is 0. The Morgan fingerprint density at radius 2 is 2.11 bits per heavy atom. The highest BCUT2D eigenvalue weighted by Crippen LogP contribution is 2.42. The lowest BCUT2D eigenvalue weighted by Crippen LogP contribution is -2.46. The molecule has 0 aromatic heterocycles. The van der Waals surface area contributed by atoms with E-state index in [0.29, 0.717) is 12.0 Å². The fourth-order valence-electron chi connectivity index (χ4n) is 3.57. The van der Waals surface area contributed by atoms with E-state index in [9.17, 15) is 9.90 Å². The van der Waals surface area contributed by atoms with Crippen LogP contribution in [-0.2, 0) is 4.79 Å². The summed E-state index contributed by atoms with van der Waals surface area (Å²) in [4.78, 5) is 14.2. The van der Waals surface area contributed by atoms with Crippen LogP contribution in [0.5, 0.6) is 0 Å².